The van der Waals surface area contributed by atoms with E-state index in [1.165, 1.54) is 0 Å². The minimum Gasteiger partial charge on any atom is -0.488 e. The number of nitrogens with zero attached hydrogens (tertiary/aromatic N) is 9. The normalized spacial score (nSPS) is 21.3. The Kier molecular flexibility index (Phi) is 14.5. The molecule has 6 heterocycles. The van der Waals surface area contributed by atoms with Crippen LogP contribution in [0.3, 0.4) is 0 Å². The summed E-state index contributed by atoms with van der Waals surface area (Å²) in [5, 5.41) is 22.6. The lowest BCUT2D eigenvalue weighted by Gasteiger charge is -2.31. The third-order valence-corrected chi connectivity index (χ3v) is 12.0. The lowest BCUT2D eigenvalue weighted by atomic mass is 9.93. The van der Waals surface area contributed by atoms with E-state index in [4.69, 9.17) is 28.1 Å². The minimum absolute atomic E-state index is 0. The van der Waals surface area contributed by atoms with Gasteiger partial charge in [0.1, 0.15) is 17.5 Å². The molecule has 4 aromatic heterocycles. The van der Waals surface area contributed by atoms with Gasteiger partial charge in [-0.15, -0.1) is 0 Å². The Labute approximate surface area is 371 Å². The molecule has 0 unspecified atom stereocenters. The first-order valence-corrected chi connectivity index (χ1v) is 21.9. The van der Waals surface area contributed by atoms with Crippen molar-refractivity contribution in [1.29, 1.82) is 0 Å². The van der Waals surface area contributed by atoms with Gasteiger partial charge in [0.15, 0.2) is 22.5 Å². The second-order valence-corrected chi connectivity index (χ2v) is 16.3. The number of fused-ring (bicyclic) bond motifs is 2. The summed E-state index contributed by atoms with van der Waals surface area (Å²) in [7, 11) is 1.59. The molecule has 10 rings (SSSR count). The van der Waals surface area contributed by atoms with Gasteiger partial charge < -0.3 is 49.2 Å². The number of hydrogen-bond donors (Lipinski definition) is 3. The Morgan fingerprint density at radius 1 is 0.688 bits per heavy atom. The molecule has 0 spiro atoms. The number of carbonyl (C=O) groups is 1. The van der Waals surface area contributed by atoms with Crippen molar-refractivity contribution >= 4 is 51.1 Å². The largest absolute Gasteiger partial charge is 0.488 e. The Bertz CT molecular complexity index is 2440. The van der Waals surface area contributed by atoms with Crippen molar-refractivity contribution in [3.8, 4) is 11.5 Å². The highest BCUT2D eigenvalue weighted by atomic mass is 16.6. The van der Waals surface area contributed by atoms with E-state index < -0.39 is 0 Å². The van der Waals surface area contributed by atoms with Gasteiger partial charge in [-0.25, -0.2) is 24.6 Å². The van der Waals surface area contributed by atoms with Crippen LogP contribution in [0, 0.1) is 6.92 Å². The standard InChI is InChI=1S/C23H28N6O4.C21H26N6O3.CH4/c1-24-22(30)19-6-7-25-23(27-19)26-16-2-4-18(5-3-16)33-20-13-17(29-8-10-31-11-9-29)12-15-14-32-28-21(15)20;1-14-6-7-22-21(23-14)24-15-2-4-17(5-3-15)29-19-13-16(27-8-10-28-11-9-27)12-18-20(19)26-30-25-18;/h6-7,12-14,16,18H,2-5,8-11H2,1H3,(H,24,30)(H,25,26,27);6-7,12-13,15,17H,2-5,8-11H2,1H3,(H,22,23,24);1H4. The van der Waals surface area contributed by atoms with Gasteiger partial charge in [0.05, 0.1) is 38.6 Å². The van der Waals surface area contributed by atoms with Gasteiger partial charge in [0, 0.05) is 92.3 Å². The van der Waals surface area contributed by atoms with Gasteiger partial charge in [0.2, 0.25) is 11.9 Å². The lowest BCUT2D eigenvalue weighted by molar-refractivity contribution is 0.0958. The van der Waals surface area contributed by atoms with Crippen LogP contribution in [0.5, 0.6) is 11.5 Å². The fourth-order valence-electron chi connectivity index (χ4n) is 8.55. The Morgan fingerprint density at radius 3 is 1.84 bits per heavy atom. The van der Waals surface area contributed by atoms with Gasteiger partial charge in [-0.2, -0.15) is 0 Å². The number of ether oxygens (including phenoxy) is 4. The van der Waals surface area contributed by atoms with Crippen LogP contribution in [-0.2, 0) is 9.47 Å². The maximum Gasteiger partial charge on any atom is 0.269 e. The average molecular weight is 879 g/mol. The number of benzene rings is 2. The van der Waals surface area contributed by atoms with Gasteiger partial charge in [0.25, 0.3) is 5.91 Å². The summed E-state index contributed by atoms with van der Waals surface area (Å²) in [5.74, 6) is 2.46. The molecule has 340 valence electrons. The highest BCUT2D eigenvalue weighted by Gasteiger charge is 2.27. The second kappa shape index (κ2) is 20.9. The molecular weight excluding hydrogens is 821 g/mol. The summed E-state index contributed by atoms with van der Waals surface area (Å²) < 4.78 is 34.0. The SMILES string of the molecule is C.CNC(=O)c1ccnc(NC2CCC(Oc3cc(N4CCOCC4)cc4conc34)CC2)n1.Cc1ccnc(NC2CCC(Oc3cc(N4CCOCC4)cc4nonc34)CC2)n1. The maximum atomic E-state index is 11.8. The van der Waals surface area contributed by atoms with Crippen LogP contribution in [-0.4, -0.2) is 125 Å². The summed E-state index contributed by atoms with van der Waals surface area (Å²) in [4.78, 5) is 33.7. The van der Waals surface area contributed by atoms with E-state index in [1.807, 2.05) is 19.1 Å². The molecule has 4 fully saturated rings. The Morgan fingerprint density at radius 2 is 1.25 bits per heavy atom. The molecule has 2 saturated heterocycles. The second-order valence-electron chi connectivity index (χ2n) is 16.3. The van der Waals surface area contributed by atoms with E-state index >= 15 is 0 Å². The van der Waals surface area contributed by atoms with Crippen LogP contribution in [0.15, 0.2) is 64.2 Å². The van der Waals surface area contributed by atoms with Crippen LogP contribution < -0.4 is 35.2 Å². The fraction of sp³-hybridized carbons (Fsp3) is 0.511. The number of hydrogen-bond acceptors (Lipinski definition) is 18. The Hall–Kier alpha value is -6.34. The van der Waals surface area contributed by atoms with E-state index in [0.29, 0.717) is 29.1 Å². The van der Waals surface area contributed by atoms with Crippen molar-refractivity contribution in [2.75, 3.05) is 80.1 Å². The summed E-state index contributed by atoms with van der Waals surface area (Å²) in [5.41, 5.74) is 5.66. The topological polar surface area (TPSA) is 213 Å². The lowest BCUT2D eigenvalue weighted by Crippen LogP contribution is -2.36. The number of rotatable bonds is 11. The molecule has 0 bridgehead atoms. The fourth-order valence-corrected chi connectivity index (χ4v) is 8.55. The van der Waals surface area contributed by atoms with E-state index in [0.717, 1.165) is 149 Å². The number of amides is 1. The van der Waals surface area contributed by atoms with Gasteiger partial charge in [-0.3, -0.25) is 4.79 Å². The summed E-state index contributed by atoms with van der Waals surface area (Å²) >= 11 is 0. The number of carbonyl (C=O) groups excluding carboxylic acids is 1. The monoisotopic (exact) mass is 878 g/mol. The number of aryl methyl sites for hydroxylation is 1. The molecule has 2 aliphatic heterocycles. The minimum atomic E-state index is -0.226. The van der Waals surface area contributed by atoms with Gasteiger partial charge in [-0.1, -0.05) is 12.6 Å². The third kappa shape index (κ3) is 10.9. The van der Waals surface area contributed by atoms with Crippen LogP contribution in [0.1, 0.15) is 75.0 Å². The predicted molar refractivity (Wildman–Crippen MR) is 241 cm³/mol. The first-order valence-electron chi connectivity index (χ1n) is 21.9. The van der Waals surface area contributed by atoms with Gasteiger partial charge in [-0.05, 0) is 92.9 Å². The molecular formula is C45H58N12O7. The zero-order chi connectivity index (χ0) is 43.0. The van der Waals surface area contributed by atoms with Crippen molar-refractivity contribution in [2.24, 2.45) is 0 Å². The quantitative estimate of drug-likeness (QED) is 0.132. The maximum absolute atomic E-state index is 11.8. The molecule has 0 atom stereocenters. The van der Waals surface area contributed by atoms with Crippen LogP contribution in [0.25, 0.3) is 21.9 Å². The van der Waals surface area contributed by atoms with Gasteiger partial charge >= 0.3 is 0 Å². The van der Waals surface area contributed by atoms with E-state index in [-0.39, 0.29) is 31.6 Å². The van der Waals surface area contributed by atoms with E-state index in [1.54, 1.807) is 31.8 Å². The van der Waals surface area contributed by atoms with Crippen molar-refractivity contribution in [2.45, 2.75) is 90.0 Å². The summed E-state index contributed by atoms with van der Waals surface area (Å²) in [6, 6.07) is 12.3. The van der Waals surface area contributed by atoms with Crippen molar-refractivity contribution < 1.29 is 32.9 Å². The molecule has 1 amide bonds. The molecule has 2 saturated carbocycles. The van der Waals surface area contributed by atoms with E-state index in [9.17, 15) is 4.79 Å². The molecule has 64 heavy (non-hydrogen) atoms. The third-order valence-electron chi connectivity index (χ3n) is 12.0. The summed E-state index contributed by atoms with van der Waals surface area (Å²) in [6.45, 7) is 8.31. The Balaban J connectivity index is 0.000000173. The van der Waals surface area contributed by atoms with Crippen molar-refractivity contribution in [3.05, 3.63) is 66.4 Å². The first-order chi connectivity index (χ1) is 30.9. The summed E-state index contributed by atoms with van der Waals surface area (Å²) in [6.07, 6.45) is 12.8. The number of nitrogens with one attached hydrogen (secondary N) is 3. The smallest absolute Gasteiger partial charge is 0.269 e. The predicted octanol–water partition coefficient (Wildman–Crippen LogP) is 6.21. The van der Waals surface area contributed by atoms with Crippen LogP contribution in [0.2, 0.25) is 0 Å². The van der Waals surface area contributed by atoms with Crippen molar-refractivity contribution in [1.82, 2.24) is 40.7 Å². The van der Waals surface area contributed by atoms with Crippen LogP contribution in [0.4, 0.5) is 23.3 Å². The average Bonchev–Trinajstić information content (AvgIpc) is 4.02. The highest BCUT2D eigenvalue weighted by molar-refractivity contribution is 5.92. The zero-order valence-corrected chi connectivity index (χ0v) is 35.7. The molecule has 19 heteroatoms. The molecule has 6 aromatic rings. The molecule has 0 radical (unpaired) electrons. The number of aromatic nitrogens is 7. The molecule has 2 aliphatic carbocycles. The molecule has 4 aliphatic rings. The molecule has 19 nitrogen and oxygen atoms in total. The molecule has 2 aromatic carbocycles. The number of anilines is 4. The van der Waals surface area contributed by atoms with E-state index in [2.05, 4.69) is 79.4 Å². The first kappa shape index (κ1) is 44.3. The van der Waals surface area contributed by atoms with Crippen molar-refractivity contribution in [3.63, 3.8) is 0 Å². The number of morpholine rings is 2. The highest BCUT2D eigenvalue weighted by Crippen LogP contribution is 2.36. The van der Waals surface area contributed by atoms with Crippen LogP contribution >= 0.6 is 0 Å². The zero-order valence-electron chi connectivity index (χ0n) is 35.7. The molecule has 3 N–H and O–H groups in total.